The van der Waals surface area contributed by atoms with Crippen LogP contribution in [0.2, 0.25) is 0 Å². The molecule has 8 nitrogen and oxygen atoms in total. The number of carbonyl (C=O) groups excluding carboxylic acids is 2. The van der Waals surface area contributed by atoms with Crippen molar-refractivity contribution in [1.82, 2.24) is 8.96 Å². The molecule has 0 aliphatic carbocycles. The third-order valence-electron chi connectivity index (χ3n) is 3.57. The van der Waals surface area contributed by atoms with Crippen LogP contribution in [0, 0.1) is 0 Å². The fourth-order valence-electron chi connectivity index (χ4n) is 2.19. The highest BCUT2D eigenvalue weighted by Gasteiger charge is 2.25. The maximum atomic E-state index is 12.4. The maximum Gasteiger partial charge on any atom is 0.356 e. The van der Waals surface area contributed by atoms with Crippen LogP contribution in [-0.4, -0.2) is 43.5 Å². The van der Waals surface area contributed by atoms with Crippen molar-refractivity contribution in [3.8, 4) is 0 Å². The first-order valence-corrected chi connectivity index (χ1v) is 10.9. The highest BCUT2D eigenvalue weighted by Crippen LogP contribution is 2.24. The summed E-state index contributed by atoms with van der Waals surface area (Å²) in [5.74, 6) is -1.09. The Morgan fingerprint density at radius 2 is 1.55 bits per heavy atom. The van der Waals surface area contributed by atoms with Crippen molar-refractivity contribution in [2.24, 2.45) is 0 Å². The molecule has 0 amide bonds. The molecule has 0 aliphatic rings. The second-order valence-corrected chi connectivity index (χ2v) is 8.83. The largest absolute Gasteiger partial charge is 0.464 e. The zero-order chi connectivity index (χ0) is 21.6. The summed E-state index contributed by atoms with van der Waals surface area (Å²) in [6.45, 7) is 0. The summed E-state index contributed by atoms with van der Waals surface area (Å²) in [4.78, 5) is 25.3. The first-order valence-electron chi connectivity index (χ1n) is 7.91. The molecule has 0 saturated carbocycles. The quantitative estimate of drug-likeness (QED) is 0.497. The molecule has 0 radical (unpaired) electrons. The third kappa shape index (κ3) is 5.17. The first-order chi connectivity index (χ1) is 13.7. The Kier molecular flexibility index (Phi) is 7.82. The van der Waals surface area contributed by atoms with E-state index < -0.39 is 16.0 Å². The zero-order valence-electron chi connectivity index (χ0n) is 15.3. The number of hydrogen-bond donors (Lipinski definition) is 1. The predicted molar refractivity (Wildman–Crippen MR) is 112 cm³/mol. The van der Waals surface area contributed by atoms with Gasteiger partial charge in [0.2, 0.25) is 0 Å². The number of ether oxygens (including phenoxy) is 2. The lowest BCUT2D eigenvalue weighted by atomic mass is 10.4. The molecule has 2 aromatic heterocycles. The van der Waals surface area contributed by atoms with Gasteiger partial charge in [-0.05, 0) is 56.1 Å². The molecule has 0 atom stereocenters. The number of carbonyl (C=O) groups is 2. The Morgan fingerprint density at radius 3 is 2.07 bits per heavy atom. The van der Waals surface area contributed by atoms with Gasteiger partial charge in [0.15, 0.2) is 5.69 Å². The number of halogens is 2. The van der Waals surface area contributed by atoms with E-state index in [-0.39, 0.29) is 16.6 Å². The SMILES string of the molecule is COC(=O)c1[nH]ccc1Br.COC(=O)c1c(Br)ccn1S(=O)(=O)c1ccccc1. The lowest BCUT2D eigenvalue weighted by Gasteiger charge is -2.09. The number of methoxy groups -OCH3 is 2. The number of aromatic nitrogens is 2. The van der Waals surface area contributed by atoms with E-state index in [0.29, 0.717) is 10.2 Å². The van der Waals surface area contributed by atoms with E-state index >= 15 is 0 Å². The fraction of sp³-hybridized carbons (Fsp3) is 0.111. The van der Waals surface area contributed by atoms with Crippen LogP contribution < -0.4 is 0 Å². The van der Waals surface area contributed by atoms with Crippen molar-refractivity contribution in [2.45, 2.75) is 4.90 Å². The molecule has 0 bridgehead atoms. The van der Waals surface area contributed by atoms with Crippen LogP contribution in [0.5, 0.6) is 0 Å². The average Bonchev–Trinajstić information content (AvgIpc) is 3.33. The van der Waals surface area contributed by atoms with E-state index in [9.17, 15) is 18.0 Å². The smallest absolute Gasteiger partial charge is 0.356 e. The van der Waals surface area contributed by atoms with E-state index in [4.69, 9.17) is 0 Å². The van der Waals surface area contributed by atoms with Crippen LogP contribution in [0.15, 0.2) is 68.7 Å². The second kappa shape index (κ2) is 9.90. The molecule has 0 unspecified atom stereocenters. The van der Waals surface area contributed by atoms with Gasteiger partial charge in [-0.1, -0.05) is 18.2 Å². The second-order valence-electron chi connectivity index (χ2n) is 5.31. The van der Waals surface area contributed by atoms with Crippen molar-refractivity contribution >= 4 is 53.8 Å². The summed E-state index contributed by atoms with van der Waals surface area (Å²) in [5.41, 5.74) is 0.383. The first kappa shape index (κ1) is 22.9. The molecule has 0 saturated heterocycles. The van der Waals surface area contributed by atoms with Gasteiger partial charge in [-0.15, -0.1) is 0 Å². The summed E-state index contributed by atoms with van der Waals surface area (Å²) < 4.78 is 35.9. The van der Waals surface area contributed by atoms with Crippen molar-refractivity contribution in [3.63, 3.8) is 0 Å². The third-order valence-corrected chi connectivity index (χ3v) is 6.56. The number of benzene rings is 1. The van der Waals surface area contributed by atoms with Crippen LogP contribution in [0.1, 0.15) is 21.0 Å². The Labute approximate surface area is 184 Å². The molecule has 0 spiro atoms. The van der Waals surface area contributed by atoms with Gasteiger partial charge in [0.25, 0.3) is 10.0 Å². The maximum absolute atomic E-state index is 12.4. The Balaban J connectivity index is 0.000000253. The van der Waals surface area contributed by atoms with Crippen molar-refractivity contribution in [2.75, 3.05) is 14.2 Å². The summed E-state index contributed by atoms with van der Waals surface area (Å²) in [7, 11) is -1.28. The van der Waals surface area contributed by atoms with Crippen molar-refractivity contribution in [3.05, 3.63) is 75.2 Å². The number of nitrogens with one attached hydrogen (secondary N) is 1. The van der Waals surface area contributed by atoms with E-state index in [1.807, 2.05) is 0 Å². The van der Waals surface area contributed by atoms with Gasteiger partial charge in [0, 0.05) is 16.9 Å². The lowest BCUT2D eigenvalue weighted by Crippen LogP contribution is -2.18. The van der Waals surface area contributed by atoms with Crippen LogP contribution in [-0.2, 0) is 19.5 Å². The minimum absolute atomic E-state index is 0.0636. The number of rotatable bonds is 4. The topological polar surface area (TPSA) is 107 Å². The van der Waals surface area contributed by atoms with Crippen LogP contribution >= 0.6 is 31.9 Å². The highest BCUT2D eigenvalue weighted by atomic mass is 79.9. The number of nitrogens with zero attached hydrogens (tertiary/aromatic N) is 1. The Hall–Kier alpha value is -2.37. The molecule has 2 heterocycles. The lowest BCUT2D eigenvalue weighted by molar-refractivity contribution is 0.0584. The number of aromatic amines is 1. The molecule has 1 N–H and O–H groups in total. The normalized spacial score (nSPS) is 10.6. The van der Waals surface area contributed by atoms with Crippen LogP contribution in [0.25, 0.3) is 0 Å². The van der Waals surface area contributed by atoms with Gasteiger partial charge < -0.3 is 14.5 Å². The highest BCUT2D eigenvalue weighted by molar-refractivity contribution is 9.10. The van der Waals surface area contributed by atoms with Crippen LogP contribution in [0.4, 0.5) is 0 Å². The monoisotopic (exact) mass is 546 g/mol. The molecular formula is C18H16Br2N2O6S. The molecule has 1 aromatic carbocycles. The van der Waals surface area contributed by atoms with Gasteiger partial charge in [0.05, 0.1) is 23.6 Å². The molecule has 3 aromatic rings. The Bertz CT molecular complexity index is 1110. The number of esters is 2. The number of hydrogen-bond acceptors (Lipinski definition) is 6. The molecular weight excluding hydrogens is 532 g/mol. The Morgan fingerprint density at radius 1 is 0.931 bits per heavy atom. The van der Waals surface area contributed by atoms with Crippen molar-refractivity contribution < 1.29 is 27.5 Å². The minimum atomic E-state index is -3.82. The fourth-order valence-corrected chi connectivity index (χ4v) is 4.55. The van der Waals surface area contributed by atoms with Gasteiger partial charge in [-0.3, -0.25) is 0 Å². The van der Waals surface area contributed by atoms with E-state index in [1.54, 1.807) is 30.5 Å². The predicted octanol–water partition coefficient (Wildman–Crippen LogP) is 3.84. The van der Waals surface area contributed by atoms with E-state index in [2.05, 4.69) is 46.3 Å². The summed E-state index contributed by atoms with van der Waals surface area (Å²) >= 11 is 6.31. The minimum Gasteiger partial charge on any atom is -0.464 e. The average molecular weight is 548 g/mol. The molecule has 154 valence electrons. The summed E-state index contributed by atoms with van der Waals surface area (Å²) in [5, 5.41) is 0. The molecule has 29 heavy (non-hydrogen) atoms. The summed E-state index contributed by atoms with van der Waals surface area (Å²) in [6, 6.07) is 11.1. The van der Waals surface area contributed by atoms with Gasteiger partial charge in [-0.25, -0.2) is 22.0 Å². The van der Waals surface area contributed by atoms with Crippen LogP contribution in [0.3, 0.4) is 0 Å². The summed E-state index contributed by atoms with van der Waals surface area (Å²) in [6.07, 6.45) is 2.97. The van der Waals surface area contributed by atoms with E-state index in [1.165, 1.54) is 38.6 Å². The molecule has 0 fully saturated rings. The standard InChI is InChI=1S/C12H10BrNO4S.C6H6BrNO2/c1-18-12(15)11-10(13)7-8-14(11)19(16,17)9-5-3-2-4-6-9;1-10-6(9)5-4(7)2-3-8-5/h2-8H,1H3;2-3,8H,1H3. The number of H-pyrrole nitrogens is 1. The molecule has 3 rings (SSSR count). The van der Waals surface area contributed by atoms with Gasteiger partial charge in [0.1, 0.15) is 5.69 Å². The zero-order valence-corrected chi connectivity index (χ0v) is 19.2. The van der Waals surface area contributed by atoms with Gasteiger partial charge in [-0.2, -0.15) is 0 Å². The van der Waals surface area contributed by atoms with Crippen molar-refractivity contribution in [1.29, 1.82) is 0 Å². The van der Waals surface area contributed by atoms with Gasteiger partial charge >= 0.3 is 11.9 Å². The van der Waals surface area contributed by atoms with E-state index in [0.717, 1.165) is 8.45 Å². The molecule has 11 heteroatoms. The molecule has 0 aliphatic heterocycles.